The molecule has 1 amide bonds. The molecule has 29 heavy (non-hydrogen) atoms. The molecule has 2 N–H and O–H groups in total. The number of hydrogen-bond acceptors (Lipinski definition) is 9. The highest BCUT2D eigenvalue weighted by Crippen LogP contribution is 2.33. The molecule has 0 saturated carbocycles. The summed E-state index contributed by atoms with van der Waals surface area (Å²) in [6.07, 6.45) is 3.02. The van der Waals surface area contributed by atoms with Gasteiger partial charge in [0.2, 0.25) is 0 Å². The van der Waals surface area contributed by atoms with Gasteiger partial charge in [-0.3, -0.25) is 9.69 Å². The molecule has 0 aliphatic carbocycles. The van der Waals surface area contributed by atoms with Crippen LogP contribution >= 0.6 is 11.5 Å². The second kappa shape index (κ2) is 9.06. The molecule has 1 fully saturated rings. The van der Waals surface area contributed by atoms with E-state index in [1.807, 2.05) is 12.1 Å². The molecule has 0 radical (unpaired) electrons. The summed E-state index contributed by atoms with van der Waals surface area (Å²) in [5, 5.41) is 4.11. The van der Waals surface area contributed by atoms with Gasteiger partial charge in [0, 0.05) is 36.8 Å². The highest BCUT2D eigenvalue weighted by molar-refractivity contribution is 7.92. The van der Waals surface area contributed by atoms with E-state index in [9.17, 15) is 13.2 Å². The van der Waals surface area contributed by atoms with Crippen molar-refractivity contribution in [1.29, 1.82) is 0 Å². The minimum absolute atomic E-state index is 0.0345. The Bertz CT molecular complexity index is 976. The lowest BCUT2D eigenvalue weighted by Crippen LogP contribution is -2.34. The predicted molar refractivity (Wildman–Crippen MR) is 108 cm³/mol. The van der Waals surface area contributed by atoms with Crippen LogP contribution in [0.15, 0.2) is 22.4 Å². The number of rotatable bonds is 8. The van der Waals surface area contributed by atoms with Crippen LogP contribution in [0.2, 0.25) is 0 Å². The van der Waals surface area contributed by atoms with Crippen LogP contribution in [0.3, 0.4) is 0 Å². The van der Waals surface area contributed by atoms with Crippen molar-refractivity contribution in [3.8, 4) is 11.5 Å². The van der Waals surface area contributed by atoms with Gasteiger partial charge in [0.05, 0.1) is 12.8 Å². The molecule has 1 aromatic heterocycles. The predicted octanol–water partition coefficient (Wildman–Crippen LogP) is 1.19. The van der Waals surface area contributed by atoms with Crippen LogP contribution in [0.5, 0.6) is 11.5 Å². The van der Waals surface area contributed by atoms with Crippen LogP contribution in [0.1, 0.15) is 30.0 Å². The molecule has 1 atom stereocenters. The number of primary amides is 1. The first kappa shape index (κ1) is 21.5. The van der Waals surface area contributed by atoms with Crippen molar-refractivity contribution in [2.75, 3.05) is 33.1 Å². The molecule has 1 aromatic carbocycles. The SMILES string of the molecule is COc1cc(CN2CCCC(c3nnsc3S(C)(=O)=O)C2)ccc1OCC(N)=O. The Balaban J connectivity index is 1.71. The first-order valence-corrected chi connectivity index (χ1v) is 11.8. The number of nitrogens with zero attached hydrogens (tertiary/aromatic N) is 3. The van der Waals surface area contributed by atoms with E-state index in [1.54, 1.807) is 6.07 Å². The molecule has 1 saturated heterocycles. The van der Waals surface area contributed by atoms with Crippen LogP contribution in [-0.2, 0) is 21.2 Å². The maximum atomic E-state index is 12.0. The van der Waals surface area contributed by atoms with E-state index in [0.717, 1.165) is 36.5 Å². The van der Waals surface area contributed by atoms with E-state index in [2.05, 4.69) is 14.5 Å². The number of nitrogens with two attached hydrogens (primary N) is 1. The monoisotopic (exact) mass is 440 g/mol. The van der Waals surface area contributed by atoms with E-state index in [-0.39, 0.29) is 16.7 Å². The molecule has 0 spiro atoms. The lowest BCUT2D eigenvalue weighted by Gasteiger charge is -2.32. The average molecular weight is 441 g/mol. The van der Waals surface area contributed by atoms with E-state index in [0.29, 0.717) is 30.3 Å². The van der Waals surface area contributed by atoms with Crippen molar-refractivity contribution >= 4 is 27.3 Å². The zero-order chi connectivity index (χ0) is 21.0. The maximum Gasteiger partial charge on any atom is 0.255 e. The van der Waals surface area contributed by atoms with Gasteiger partial charge >= 0.3 is 0 Å². The van der Waals surface area contributed by atoms with Crippen LogP contribution in [-0.4, -0.2) is 61.9 Å². The normalized spacial score (nSPS) is 17.8. The van der Waals surface area contributed by atoms with Crippen molar-refractivity contribution in [3.05, 3.63) is 29.5 Å². The second-order valence-electron chi connectivity index (χ2n) is 7.03. The summed E-state index contributed by atoms with van der Waals surface area (Å²) in [7, 11) is -1.79. The van der Waals surface area contributed by atoms with Gasteiger partial charge < -0.3 is 15.2 Å². The number of piperidine rings is 1. The number of likely N-dealkylation sites (tertiary alicyclic amines) is 1. The molecular weight excluding hydrogens is 416 g/mol. The molecule has 3 rings (SSSR count). The van der Waals surface area contributed by atoms with Crippen LogP contribution in [0.25, 0.3) is 0 Å². The Morgan fingerprint density at radius 2 is 2.17 bits per heavy atom. The number of sulfone groups is 1. The van der Waals surface area contributed by atoms with E-state index in [1.165, 1.54) is 13.4 Å². The Morgan fingerprint density at radius 3 is 2.86 bits per heavy atom. The van der Waals surface area contributed by atoms with E-state index < -0.39 is 15.7 Å². The zero-order valence-corrected chi connectivity index (χ0v) is 18.0. The van der Waals surface area contributed by atoms with Crippen molar-refractivity contribution < 1.29 is 22.7 Å². The van der Waals surface area contributed by atoms with Gasteiger partial charge in [0.25, 0.3) is 5.91 Å². The number of ether oxygens (including phenoxy) is 2. The molecule has 1 unspecified atom stereocenters. The zero-order valence-electron chi connectivity index (χ0n) is 16.3. The first-order chi connectivity index (χ1) is 13.8. The van der Waals surface area contributed by atoms with Crippen LogP contribution in [0, 0.1) is 0 Å². The van der Waals surface area contributed by atoms with Gasteiger partial charge in [0.1, 0.15) is 0 Å². The Labute approximate surface area is 173 Å². The fourth-order valence-electron chi connectivity index (χ4n) is 3.45. The lowest BCUT2D eigenvalue weighted by molar-refractivity contribution is -0.119. The summed E-state index contributed by atoms with van der Waals surface area (Å²) >= 11 is 0.938. The quantitative estimate of drug-likeness (QED) is 0.649. The summed E-state index contributed by atoms with van der Waals surface area (Å²) in [4.78, 5) is 13.2. The van der Waals surface area contributed by atoms with Gasteiger partial charge in [-0.1, -0.05) is 10.6 Å². The Hall–Kier alpha value is -2.24. The summed E-state index contributed by atoms with van der Waals surface area (Å²) < 4.78 is 38.8. The fraction of sp³-hybridized carbons (Fsp3) is 0.500. The minimum atomic E-state index is -3.33. The lowest BCUT2D eigenvalue weighted by atomic mass is 9.95. The van der Waals surface area contributed by atoms with Crippen molar-refractivity contribution in [3.63, 3.8) is 0 Å². The highest BCUT2D eigenvalue weighted by atomic mass is 32.2. The molecular formula is C18H24N4O5S2. The smallest absolute Gasteiger partial charge is 0.255 e. The van der Waals surface area contributed by atoms with Crippen LogP contribution < -0.4 is 15.2 Å². The third-order valence-corrected chi connectivity index (χ3v) is 7.27. The third-order valence-electron chi connectivity index (χ3n) is 4.71. The number of amides is 1. The number of hydrogen-bond donors (Lipinski definition) is 1. The van der Waals surface area contributed by atoms with E-state index in [4.69, 9.17) is 15.2 Å². The van der Waals surface area contributed by atoms with Gasteiger partial charge in [-0.15, -0.1) is 5.10 Å². The second-order valence-corrected chi connectivity index (χ2v) is 10.00. The van der Waals surface area contributed by atoms with Gasteiger partial charge in [-0.25, -0.2) is 8.42 Å². The molecule has 0 bridgehead atoms. The molecule has 1 aliphatic heterocycles. The van der Waals surface area contributed by atoms with Crippen molar-refractivity contribution in [1.82, 2.24) is 14.5 Å². The summed E-state index contributed by atoms with van der Waals surface area (Å²) in [6, 6.07) is 5.53. The van der Waals surface area contributed by atoms with Gasteiger partial charge in [0.15, 0.2) is 32.2 Å². The molecule has 11 heteroatoms. The largest absolute Gasteiger partial charge is 0.493 e. The number of carbonyl (C=O) groups excluding carboxylic acids is 1. The summed E-state index contributed by atoms with van der Waals surface area (Å²) in [5.41, 5.74) is 6.72. The number of aromatic nitrogens is 2. The topological polar surface area (TPSA) is 125 Å². The molecule has 1 aliphatic rings. The van der Waals surface area contributed by atoms with Crippen molar-refractivity contribution in [2.45, 2.75) is 29.5 Å². The summed E-state index contributed by atoms with van der Waals surface area (Å²) in [6.45, 7) is 2.07. The third kappa shape index (κ3) is 5.43. The Morgan fingerprint density at radius 1 is 1.38 bits per heavy atom. The summed E-state index contributed by atoms with van der Waals surface area (Å²) in [5.74, 6) is 0.464. The maximum absolute atomic E-state index is 12.0. The average Bonchev–Trinajstić information content (AvgIpc) is 3.17. The minimum Gasteiger partial charge on any atom is -0.493 e. The number of methoxy groups -OCH3 is 1. The molecule has 158 valence electrons. The molecule has 2 heterocycles. The van der Waals surface area contributed by atoms with Gasteiger partial charge in [-0.2, -0.15) is 0 Å². The molecule has 9 nitrogen and oxygen atoms in total. The Kier molecular flexibility index (Phi) is 6.70. The van der Waals surface area contributed by atoms with Crippen LogP contribution in [0.4, 0.5) is 0 Å². The fourth-order valence-corrected chi connectivity index (χ4v) is 5.19. The van der Waals surface area contributed by atoms with Crippen molar-refractivity contribution in [2.24, 2.45) is 5.73 Å². The van der Waals surface area contributed by atoms with Gasteiger partial charge in [-0.05, 0) is 37.1 Å². The number of carbonyl (C=O) groups is 1. The number of benzene rings is 1. The van der Waals surface area contributed by atoms with E-state index >= 15 is 0 Å². The first-order valence-electron chi connectivity index (χ1n) is 9.10. The highest BCUT2D eigenvalue weighted by Gasteiger charge is 2.29. The standard InChI is InChI=1S/C18H24N4O5S2/c1-26-15-8-12(5-6-14(15)27-11-16(19)23)9-22-7-3-4-13(10-22)17-18(28-21-20-17)29(2,24)25/h5-6,8,13H,3-4,7,9-11H2,1-2H3,(H2,19,23). The molecule has 2 aromatic rings.